The molecule has 7 nitrogen and oxygen atoms in total. The fourth-order valence-electron chi connectivity index (χ4n) is 2.25. The first-order chi connectivity index (χ1) is 12.6. The molecule has 3 rings (SSSR count). The van der Waals surface area contributed by atoms with E-state index in [1.165, 1.54) is 31.1 Å². The summed E-state index contributed by atoms with van der Waals surface area (Å²) in [5.41, 5.74) is 1.64. The second-order valence-corrected chi connectivity index (χ2v) is 6.16. The predicted octanol–water partition coefficient (Wildman–Crippen LogP) is 3.11. The van der Waals surface area contributed by atoms with E-state index in [9.17, 15) is 14.9 Å². The highest BCUT2D eigenvalue weighted by Crippen LogP contribution is 2.29. The molecule has 0 bridgehead atoms. The Morgan fingerprint density at radius 2 is 2.08 bits per heavy atom. The van der Waals surface area contributed by atoms with Crippen LogP contribution in [0.4, 0.5) is 5.69 Å². The lowest BCUT2D eigenvalue weighted by Gasteiger charge is -2.07. The first kappa shape index (κ1) is 17.6. The highest BCUT2D eigenvalue weighted by molar-refractivity contribution is 5.91. The van der Waals surface area contributed by atoms with Gasteiger partial charge in [-0.15, -0.1) is 0 Å². The van der Waals surface area contributed by atoms with Crippen molar-refractivity contribution in [3.8, 4) is 5.88 Å². The Bertz CT molecular complexity index is 814. The van der Waals surface area contributed by atoms with Gasteiger partial charge in [0.2, 0.25) is 11.8 Å². The van der Waals surface area contributed by atoms with Crippen molar-refractivity contribution in [2.24, 2.45) is 5.92 Å². The van der Waals surface area contributed by atoms with Crippen LogP contribution in [0.2, 0.25) is 0 Å². The molecular formula is C19H19N3O4. The number of hydrogen-bond acceptors (Lipinski definition) is 5. The molecule has 1 heterocycles. The molecule has 1 aliphatic rings. The van der Waals surface area contributed by atoms with E-state index in [1.807, 2.05) is 12.1 Å². The van der Waals surface area contributed by atoms with Crippen LogP contribution in [0.25, 0.3) is 6.08 Å². The minimum atomic E-state index is -0.461. The van der Waals surface area contributed by atoms with Crippen molar-refractivity contribution in [1.29, 1.82) is 0 Å². The van der Waals surface area contributed by atoms with Crippen molar-refractivity contribution < 1.29 is 14.5 Å². The summed E-state index contributed by atoms with van der Waals surface area (Å²) < 4.78 is 5.62. The number of ether oxygens (including phenoxy) is 1. The average molecular weight is 353 g/mol. The van der Waals surface area contributed by atoms with E-state index in [1.54, 1.807) is 24.4 Å². The molecule has 2 aromatic rings. The molecule has 1 aromatic heterocycles. The van der Waals surface area contributed by atoms with Gasteiger partial charge in [0.1, 0.15) is 0 Å². The number of benzene rings is 1. The second-order valence-electron chi connectivity index (χ2n) is 6.16. The zero-order chi connectivity index (χ0) is 18.4. The topological polar surface area (TPSA) is 94.4 Å². The van der Waals surface area contributed by atoms with Gasteiger partial charge in [-0.3, -0.25) is 14.9 Å². The quantitative estimate of drug-likeness (QED) is 0.447. The smallest absolute Gasteiger partial charge is 0.269 e. The van der Waals surface area contributed by atoms with Crippen LogP contribution in [0, 0.1) is 16.0 Å². The van der Waals surface area contributed by atoms with E-state index in [0.29, 0.717) is 30.5 Å². The molecule has 1 amide bonds. The summed E-state index contributed by atoms with van der Waals surface area (Å²) in [5.74, 6) is 0.982. The molecule has 1 fully saturated rings. The van der Waals surface area contributed by atoms with Crippen LogP contribution >= 0.6 is 0 Å². The van der Waals surface area contributed by atoms with Gasteiger partial charge in [0.15, 0.2) is 0 Å². The van der Waals surface area contributed by atoms with Gasteiger partial charge in [-0.05, 0) is 54.2 Å². The third kappa shape index (κ3) is 5.41. The third-order valence-corrected chi connectivity index (χ3v) is 3.96. The Labute approximate surface area is 150 Å². The van der Waals surface area contributed by atoms with E-state index in [4.69, 9.17) is 4.74 Å². The van der Waals surface area contributed by atoms with E-state index < -0.39 is 4.92 Å². The monoisotopic (exact) mass is 353 g/mol. The molecule has 134 valence electrons. The van der Waals surface area contributed by atoms with Crippen LogP contribution in [0.15, 0.2) is 48.7 Å². The van der Waals surface area contributed by atoms with Crippen molar-refractivity contribution in [3.63, 3.8) is 0 Å². The Morgan fingerprint density at radius 1 is 1.31 bits per heavy atom. The predicted molar refractivity (Wildman–Crippen MR) is 96.4 cm³/mol. The van der Waals surface area contributed by atoms with Gasteiger partial charge in [-0.25, -0.2) is 4.98 Å². The maximum atomic E-state index is 11.9. The number of pyridine rings is 1. The van der Waals surface area contributed by atoms with Crippen LogP contribution in [0.3, 0.4) is 0 Å². The zero-order valence-corrected chi connectivity index (χ0v) is 14.1. The zero-order valence-electron chi connectivity index (χ0n) is 14.1. The number of non-ortho nitro benzene ring substituents is 1. The summed E-state index contributed by atoms with van der Waals surface area (Å²) in [6.07, 6.45) is 7.10. The number of amides is 1. The number of carbonyl (C=O) groups excluding carboxylic acids is 1. The molecule has 0 atom stereocenters. The minimum Gasteiger partial charge on any atom is -0.477 e. The summed E-state index contributed by atoms with van der Waals surface area (Å²) in [6, 6.07) is 9.63. The van der Waals surface area contributed by atoms with Crippen molar-refractivity contribution in [2.75, 3.05) is 6.61 Å². The first-order valence-electron chi connectivity index (χ1n) is 8.38. The first-order valence-corrected chi connectivity index (χ1v) is 8.38. The van der Waals surface area contributed by atoms with Crippen LogP contribution in [0.1, 0.15) is 24.0 Å². The van der Waals surface area contributed by atoms with Gasteiger partial charge in [0.25, 0.3) is 5.69 Å². The summed E-state index contributed by atoms with van der Waals surface area (Å²) in [5, 5.41) is 13.4. The molecule has 0 radical (unpaired) electrons. The number of nitrogens with one attached hydrogen (secondary N) is 1. The number of aromatic nitrogens is 1. The lowest BCUT2D eigenvalue weighted by molar-refractivity contribution is -0.384. The van der Waals surface area contributed by atoms with Gasteiger partial charge in [-0.2, -0.15) is 0 Å². The summed E-state index contributed by atoms with van der Waals surface area (Å²) >= 11 is 0. The maximum absolute atomic E-state index is 11.9. The SMILES string of the molecule is O=C(C=Cc1ccc([N+](=O)[O-])cc1)NCc1ccnc(OCC2CC2)c1. The van der Waals surface area contributed by atoms with Gasteiger partial charge >= 0.3 is 0 Å². The number of nitro groups is 1. The van der Waals surface area contributed by atoms with Gasteiger partial charge in [-0.1, -0.05) is 0 Å². The number of nitrogens with zero attached hydrogens (tertiary/aromatic N) is 2. The second kappa shape index (κ2) is 8.24. The Morgan fingerprint density at radius 3 is 2.77 bits per heavy atom. The molecule has 1 aliphatic carbocycles. The van der Waals surface area contributed by atoms with E-state index in [2.05, 4.69) is 10.3 Å². The van der Waals surface area contributed by atoms with Gasteiger partial charge < -0.3 is 10.1 Å². The van der Waals surface area contributed by atoms with Crippen molar-refractivity contribution in [1.82, 2.24) is 10.3 Å². The van der Waals surface area contributed by atoms with Crippen molar-refractivity contribution >= 4 is 17.7 Å². The molecular weight excluding hydrogens is 334 g/mol. The third-order valence-electron chi connectivity index (χ3n) is 3.96. The molecule has 1 aromatic carbocycles. The number of rotatable bonds is 8. The van der Waals surface area contributed by atoms with Crippen LogP contribution in [0.5, 0.6) is 5.88 Å². The lowest BCUT2D eigenvalue weighted by atomic mass is 10.2. The van der Waals surface area contributed by atoms with Gasteiger partial charge in [0.05, 0.1) is 11.5 Å². The highest BCUT2D eigenvalue weighted by atomic mass is 16.6. The maximum Gasteiger partial charge on any atom is 0.269 e. The van der Waals surface area contributed by atoms with Gasteiger partial charge in [0, 0.05) is 37.0 Å². The largest absolute Gasteiger partial charge is 0.477 e. The Hall–Kier alpha value is -3.22. The number of carbonyl (C=O) groups is 1. The minimum absolute atomic E-state index is 0.0176. The summed E-state index contributed by atoms with van der Waals surface area (Å²) in [4.78, 5) is 26.2. The van der Waals surface area contributed by atoms with Crippen molar-refractivity contribution in [3.05, 3.63) is 69.9 Å². The highest BCUT2D eigenvalue weighted by Gasteiger charge is 2.22. The number of nitro benzene ring substituents is 1. The molecule has 0 unspecified atom stereocenters. The normalized spacial score (nSPS) is 13.5. The molecule has 0 spiro atoms. The van der Waals surface area contributed by atoms with E-state index >= 15 is 0 Å². The number of hydrogen-bond donors (Lipinski definition) is 1. The van der Waals surface area contributed by atoms with E-state index in [-0.39, 0.29) is 11.6 Å². The van der Waals surface area contributed by atoms with Crippen LogP contribution in [-0.2, 0) is 11.3 Å². The van der Waals surface area contributed by atoms with Crippen molar-refractivity contribution in [2.45, 2.75) is 19.4 Å². The standard InChI is InChI=1S/C19H19N3O4/c23-18(8-5-14-3-6-17(7-4-14)22(24)25)21-12-16-9-10-20-19(11-16)26-13-15-1-2-15/h3-11,15H,1-2,12-13H2,(H,21,23). The molecule has 26 heavy (non-hydrogen) atoms. The summed E-state index contributed by atoms with van der Waals surface area (Å²) in [7, 11) is 0. The molecule has 1 saturated carbocycles. The fraction of sp³-hybridized carbons (Fsp3) is 0.263. The lowest BCUT2D eigenvalue weighted by Crippen LogP contribution is -2.20. The average Bonchev–Trinajstić information content (AvgIpc) is 3.48. The molecule has 7 heteroatoms. The Kier molecular flexibility index (Phi) is 5.58. The summed E-state index contributed by atoms with van der Waals surface area (Å²) in [6.45, 7) is 1.06. The van der Waals surface area contributed by atoms with E-state index in [0.717, 1.165) is 5.56 Å². The Balaban J connectivity index is 1.48. The molecule has 0 saturated heterocycles. The van der Waals surface area contributed by atoms with Crippen LogP contribution in [-0.4, -0.2) is 22.4 Å². The van der Waals surface area contributed by atoms with Crippen LogP contribution < -0.4 is 10.1 Å². The molecule has 1 N–H and O–H groups in total. The molecule has 0 aliphatic heterocycles. The fourth-order valence-corrected chi connectivity index (χ4v) is 2.25.